The van der Waals surface area contributed by atoms with Gasteiger partial charge in [-0.15, -0.1) is 10.2 Å². The fourth-order valence-corrected chi connectivity index (χ4v) is 4.50. The van der Waals surface area contributed by atoms with Gasteiger partial charge in [-0.3, -0.25) is 0 Å². The summed E-state index contributed by atoms with van der Waals surface area (Å²) in [6.45, 7) is 2.01. The molecular weight excluding hydrogens is 372 g/mol. The van der Waals surface area contributed by atoms with E-state index < -0.39 is 0 Å². The maximum Gasteiger partial charge on any atom is 0.336 e. The van der Waals surface area contributed by atoms with Gasteiger partial charge in [-0.2, -0.15) is 0 Å². The molecule has 0 saturated carbocycles. The summed E-state index contributed by atoms with van der Waals surface area (Å²) in [7, 11) is 0. The highest BCUT2D eigenvalue weighted by Crippen LogP contribution is 2.32. The molecular formula is C22H18N2O3S. The second-order valence-corrected chi connectivity index (χ2v) is 7.96. The minimum Gasteiger partial charge on any atom is -0.423 e. The van der Waals surface area contributed by atoms with E-state index in [1.807, 2.05) is 37.3 Å². The Balaban J connectivity index is 1.44. The van der Waals surface area contributed by atoms with E-state index in [0.29, 0.717) is 22.4 Å². The molecule has 6 heteroatoms. The quantitative estimate of drug-likeness (QED) is 0.363. The molecule has 0 radical (unpaired) electrons. The van der Waals surface area contributed by atoms with Gasteiger partial charge in [-0.1, -0.05) is 30.0 Å². The Hall–Kier alpha value is -2.86. The summed E-state index contributed by atoms with van der Waals surface area (Å²) in [5.74, 6) is 1.08. The fraction of sp³-hybridized carbons (Fsp3) is 0.227. The first-order chi connectivity index (χ1) is 13.7. The Morgan fingerprint density at radius 1 is 1.04 bits per heavy atom. The number of rotatable bonds is 4. The fourth-order valence-electron chi connectivity index (χ4n) is 3.74. The molecule has 0 amide bonds. The van der Waals surface area contributed by atoms with E-state index in [2.05, 4.69) is 16.3 Å². The second kappa shape index (κ2) is 6.95. The van der Waals surface area contributed by atoms with Crippen molar-refractivity contribution in [3.8, 4) is 11.5 Å². The lowest BCUT2D eigenvalue weighted by Crippen LogP contribution is -2.01. The van der Waals surface area contributed by atoms with Gasteiger partial charge in [-0.25, -0.2) is 4.79 Å². The zero-order chi connectivity index (χ0) is 19.1. The molecule has 5 rings (SSSR count). The minimum absolute atomic E-state index is 0.327. The topological polar surface area (TPSA) is 69.1 Å². The molecule has 28 heavy (non-hydrogen) atoms. The third-order valence-corrected chi connectivity index (χ3v) is 6.04. The Labute approximate surface area is 165 Å². The van der Waals surface area contributed by atoms with Gasteiger partial charge in [0, 0.05) is 22.8 Å². The normalized spacial score (nSPS) is 13.2. The Kier molecular flexibility index (Phi) is 4.28. The van der Waals surface area contributed by atoms with Crippen molar-refractivity contribution in [2.24, 2.45) is 0 Å². The van der Waals surface area contributed by atoms with Crippen molar-refractivity contribution in [3.63, 3.8) is 0 Å². The molecule has 2 heterocycles. The molecule has 1 aliphatic rings. The van der Waals surface area contributed by atoms with Crippen LogP contribution in [0.4, 0.5) is 0 Å². The molecule has 2 aromatic heterocycles. The van der Waals surface area contributed by atoms with Crippen LogP contribution in [0.3, 0.4) is 0 Å². The van der Waals surface area contributed by atoms with Crippen LogP contribution >= 0.6 is 11.8 Å². The summed E-state index contributed by atoms with van der Waals surface area (Å²) in [5.41, 5.74) is 5.93. The van der Waals surface area contributed by atoms with Gasteiger partial charge >= 0.3 is 5.63 Å². The van der Waals surface area contributed by atoms with E-state index in [9.17, 15) is 4.79 Å². The predicted octanol–water partition coefficient (Wildman–Crippen LogP) is 4.93. The van der Waals surface area contributed by atoms with Gasteiger partial charge in [0.15, 0.2) is 0 Å². The molecule has 4 aromatic rings. The molecule has 0 fully saturated rings. The van der Waals surface area contributed by atoms with Crippen LogP contribution in [0.2, 0.25) is 0 Å². The lowest BCUT2D eigenvalue weighted by molar-refractivity contribution is 0.465. The summed E-state index contributed by atoms with van der Waals surface area (Å²) >= 11 is 1.43. The van der Waals surface area contributed by atoms with E-state index in [1.54, 1.807) is 6.07 Å². The average molecular weight is 390 g/mol. The molecule has 0 aliphatic heterocycles. The second-order valence-electron chi connectivity index (χ2n) is 7.04. The number of fused-ring (bicyclic) bond motifs is 2. The number of aryl methyl sites for hydroxylation is 3. The lowest BCUT2D eigenvalue weighted by Gasteiger charge is -2.07. The van der Waals surface area contributed by atoms with Crippen LogP contribution in [0.1, 0.15) is 28.7 Å². The third-order valence-electron chi connectivity index (χ3n) is 5.18. The van der Waals surface area contributed by atoms with Gasteiger partial charge in [0.2, 0.25) is 5.89 Å². The van der Waals surface area contributed by atoms with Crippen molar-refractivity contribution in [2.45, 2.75) is 37.2 Å². The van der Waals surface area contributed by atoms with Crippen LogP contribution in [0, 0.1) is 6.92 Å². The highest BCUT2D eigenvalue weighted by atomic mass is 32.2. The standard InChI is InChI=1S/C22H18N2O3S/c1-13-5-2-3-8-17(13)21-23-24-22(27-21)28-12-16-11-20(25)26-19-10-15-7-4-6-14(15)9-18(16)19/h2-3,5,8-11H,4,6-7,12H2,1H3. The molecule has 1 aliphatic carbocycles. The van der Waals surface area contributed by atoms with Crippen LogP contribution in [0.5, 0.6) is 0 Å². The zero-order valence-electron chi connectivity index (χ0n) is 15.4. The van der Waals surface area contributed by atoms with Crippen molar-refractivity contribution in [1.82, 2.24) is 10.2 Å². The molecule has 0 spiro atoms. The van der Waals surface area contributed by atoms with Crippen molar-refractivity contribution >= 4 is 22.7 Å². The monoisotopic (exact) mass is 390 g/mol. The first-order valence-electron chi connectivity index (χ1n) is 9.28. The summed E-state index contributed by atoms with van der Waals surface area (Å²) in [5, 5.41) is 9.80. The SMILES string of the molecule is Cc1ccccc1-c1nnc(SCc2cc(=O)oc3cc4c(cc23)CCC4)o1. The highest BCUT2D eigenvalue weighted by Gasteiger charge is 2.16. The molecule has 140 valence electrons. The Bertz CT molecular complexity index is 1240. The van der Waals surface area contributed by atoms with Crippen LogP contribution < -0.4 is 5.63 Å². The van der Waals surface area contributed by atoms with Crippen molar-refractivity contribution in [1.29, 1.82) is 0 Å². The maximum atomic E-state index is 12.0. The van der Waals surface area contributed by atoms with Crippen LogP contribution in [-0.2, 0) is 18.6 Å². The molecule has 2 aromatic carbocycles. The van der Waals surface area contributed by atoms with E-state index in [4.69, 9.17) is 8.83 Å². The van der Waals surface area contributed by atoms with Gasteiger partial charge in [0.05, 0.1) is 0 Å². The number of hydrogen-bond acceptors (Lipinski definition) is 6. The largest absolute Gasteiger partial charge is 0.423 e. The van der Waals surface area contributed by atoms with E-state index >= 15 is 0 Å². The summed E-state index contributed by atoms with van der Waals surface area (Å²) in [6.07, 6.45) is 3.29. The van der Waals surface area contributed by atoms with Crippen LogP contribution in [0.25, 0.3) is 22.4 Å². The number of nitrogens with zero attached hydrogens (tertiary/aromatic N) is 2. The third kappa shape index (κ3) is 3.14. The highest BCUT2D eigenvalue weighted by molar-refractivity contribution is 7.98. The van der Waals surface area contributed by atoms with Gasteiger partial charge in [0.1, 0.15) is 5.58 Å². The predicted molar refractivity (Wildman–Crippen MR) is 109 cm³/mol. The van der Waals surface area contributed by atoms with E-state index in [0.717, 1.165) is 41.3 Å². The average Bonchev–Trinajstić information content (AvgIpc) is 3.34. The number of thioether (sulfide) groups is 1. The molecule has 5 nitrogen and oxygen atoms in total. The van der Waals surface area contributed by atoms with E-state index in [1.165, 1.54) is 22.9 Å². The Morgan fingerprint density at radius 2 is 1.86 bits per heavy atom. The van der Waals surface area contributed by atoms with Crippen molar-refractivity contribution in [2.75, 3.05) is 0 Å². The summed E-state index contributed by atoms with van der Waals surface area (Å²) in [6, 6.07) is 13.7. The van der Waals surface area contributed by atoms with Gasteiger partial charge < -0.3 is 8.83 Å². The molecule has 0 unspecified atom stereocenters. The summed E-state index contributed by atoms with van der Waals surface area (Å²) < 4.78 is 11.3. The van der Waals surface area contributed by atoms with Crippen molar-refractivity contribution in [3.05, 3.63) is 75.1 Å². The van der Waals surface area contributed by atoms with Crippen LogP contribution in [-0.4, -0.2) is 10.2 Å². The number of hydrogen-bond donors (Lipinski definition) is 0. The maximum absolute atomic E-state index is 12.0. The smallest absolute Gasteiger partial charge is 0.336 e. The Morgan fingerprint density at radius 3 is 2.71 bits per heavy atom. The lowest BCUT2D eigenvalue weighted by atomic mass is 10.0. The zero-order valence-corrected chi connectivity index (χ0v) is 16.2. The first kappa shape index (κ1) is 17.3. The van der Waals surface area contributed by atoms with Gasteiger partial charge in [-0.05, 0) is 66.6 Å². The van der Waals surface area contributed by atoms with Gasteiger partial charge in [0.25, 0.3) is 5.22 Å². The molecule has 0 atom stereocenters. The molecule has 0 N–H and O–H groups in total. The van der Waals surface area contributed by atoms with E-state index in [-0.39, 0.29) is 5.63 Å². The molecule has 0 bridgehead atoms. The first-order valence-corrected chi connectivity index (χ1v) is 10.3. The van der Waals surface area contributed by atoms with Crippen LogP contribution in [0.15, 0.2) is 61.3 Å². The number of benzene rings is 2. The molecule has 0 saturated heterocycles. The van der Waals surface area contributed by atoms with Crippen molar-refractivity contribution < 1.29 is 8.83 Å². The number of aromatic nitrogens is 2. The minimum atomic E-state index is -0.327. The summed E-state index contributed by atoms with van der Waals surface area (Å²) in [4.78, 5) is 12.0.